The number of benzene rings is 1. The number of rotatable bonds is 4. The van der Waals surface area contributed by atoms with Crippen molar-refractivity contribution in [3.05, 3.63) is 51.2 Å². The van der Waals surface area contributed by atoms with Crippen LogP contribution < -0.4 is 10.2 Å². The van der Waals surface area contributed by atoms with E-state index in [1.807, 2.05) is 6.07 Å². The highest BCUT2D eigenvalue weighted by atomic mass is 32.1. The van der Waals surface area contributed by atoms with Crippen molar-refractivity contribution in [3.63, 3.8) is 0 Å². The Hall–Kier alpha value is -2.58. The summed E-state index contributed by atoms with van der Waals surface area (Å²) in [6.45, 7) is 2.20. The molecule has 0 unspecified atom stereocenters. The number of nitrogens with zero attached hydrogens (tertiary/aromatic N) is 1. The molecule has 0 spiro atoms. The zero-order valence-corrected chi connectivity index (χ0v) is 15.9. The fourth-order valence-electron chi connectivity index (χ4n) is 3.21. The fraction of sp³-hybridized carbons (Fsp3) is 0.333. The van der Waals surface area contributed by atoms with E-state index in [0.717, 1.165) is 19.3 Å². The van der Waals surface area contributed by atoms with E-state index in [2.05, 4.69) is 18.2 Å². The van der Waals surface area contributed by atoms with Gasteiger partial charge in [-0.15, -0.1) is 17.8 Å². The first-order chi connectivity index (χ1) is 12.5. The Kier molecular flexibility index (Phi) is 5.43. The van der Waals surface area contributed by atoms with Gasteiger partial charge in [0.25, 0.3) is 5.91 Å². The van der Waals surface area contributed by atoms with Crippen molar-refractivity contribution in [2.75, 3.05) is 18.5 Å². The minimum absolute atomic E-state index is 0.0394. The number of anilines is 1. The van der Waals surface area contributed by atoms with Crippen molar-refractivity contribution < 1.29 is 9.59 Å². The highest BCUT2D eigenvalue weighted by molar-refractivity contribution is 7.14. The van der Waals surface area contributed by atoms with Crippen LogP contribution in [0.25, 0.3) is 0 Å². The number of hydrogen-bond donors (Lipinski definition) is 1. The van der Waals surface area contributed by atoms with Crippen molar-refractivity contribution in [1.29, 1.82) is 0 Å². The molecule has 3 rings (SSSR count). The van der Waals surface area contributed by atoms with E-state index in [9.17, 15) is 9.59 Å². The molecular formula is C21H22N2O2S. The largest absolute Gasteiger partial charge is 0.358 e. The predicted molar refractivity (Wildman–Crippen MR) is 106 cm³/mol. The Morgan fingerprint density at radius 2 is 2.19 bits per heavy atom. The van der Waals surface area contributed by atoms with Gasteiger partial charge in [-0.3, -0.25) is 14.5 Å². The molecule has 1 heterocycles. The maximum Gasteiger partial charge on any atom is 0.268 e. The van der Waals surface area contributed by atoms with Gasteiger partial charge in [0.05, 0.1) is 4.88 Å². The Morgan fingerprint density at radius 3 is 2.92 bits per heavy atom. The predicted octanol–water partition coefficient (Wildman–Crippen LogP) is 3.25. The van der Waals surface area contributed by atoms with Gasteiger partial charge in [0.1, 0.15) is 6.54 Å². The van der Waals surface area contributed by atoms with Crippen molar-refractivity contribution in [2.45, 2.75) is 26.2 Å². The first kappa shape index (κ1) is 18.2. The van der Waals surface area contributed by atoms with Crippen LogP contribution in [0.15, 0.2) is 30.3 Å². The molecule has 4 nitrogen and oxygen atoms in total. The Bertz CT molecular complexity index is 878. The van der Waals surface area contributed by atoms with E-state index in [4.69, 9.17) is 6.42 Å². The molecule has 0 radical (unpaired) electrons. The van der Waals surface area contributed by atoms with Gasteiger partial charge in [-0.2, -0.15) is 0 Å². The first-order valence-corrected chi connectivity index (χ1v) is 9.54. The van der Waals surface area contributed by atoms with Crippen LogP contribution in [0, 0.1) is 18.3 Å². The second-order valence-corrected chi connectivity index (χ2v) is 7.80. The molecule has 0 fully saturated rings. The van der Waals surface area contributed by atoms with E-state index < -0.39 is 0 Å². The summed E-state index contributed by atoms with van der Waals surface area (Å²) >= 11 is 1.55. The Morgan fingerprint density at radius 1 is 1.38 bits per heavy atom. The number of thiophene rings is 1. The SMILES string of the molecule is C#Cc1cccc(N(CC(=O)NC)C(=O)c2cc3c(s2)CC[C@H](C)C3)c1. The lowest BCUT2D eigenvalue weighted by atomic mass is 9.90. The number of carbonyl (C=O) groups excluding carboxylic acids is 2. The first-order valence-electron chi connectivity index (χ1n) is 8.72. The molecular weight excluding hydrogens is 344 g/mol. The van der Waals surface area contributed by atoms with Crippen LogP contribution >= 0.6 is 11.3 Å². The highest BCUT2D eigenvalue weighted by Crippen LogP contribution is 2.33. The smallest absolute Gasteiger partial charge is 0.268 e. The lowest BCUT2D eigenvalue weighted by molar-refractivity contribution is -0.119. The summed E-state index contributed by atoms with van der Waals surface area (Å²) < 4.78 is 0. The van der Waals surface area contributed by atoms with Gasteiger partial charge in [-0.05, 0) is 55.0 Å². The highest BCUT2D eigenvalue weighted by Gasteiger charge is 2.25. The summed E-state index contributed by atoms with van der Waals surface area (Å²) in [5.74, 6) is 2.84. The quantitative estimate of drug-likeness (QED) is 0.845. The van der Waals surface area contributed by atoms with Crippen LogP contribution in [0.2, 0.25) is 0 Å². The van der Waals surface area contributed by atoms with E-state index in [0.29, 0.717) is 22.0 Å². The molecule has 0 aliphatic heterocycles. The van der Waals surface area contributed by atoms with Gasteiger partial charge in [0.2, 0.25) is 5.91 Å². The molecule has 0 bridgehead atoms. The molecule has 0 saturated carbocycles. The topological polar surface area (TPSA) is 49.4 Å². The normalized spacial score (nSPS) is 15.7. The standard InChI is InChI=1S/C21H22N2O2S/c1-4-15-6-5-7-17(11-15)23(13-20(24)22-3)21(25)19-12-16-10-14(2)8-9-18(16)26-19/h1,5-7,11-12,14H,8-10,13H2,2-3H3,(H,22,24)/t14-/m0/s1. The van der Waals surface area contributed by atoms with E-state index in [1.165, 1.54) is 15.3 Å². The summed E-state index contributed by atoms with van der Waals surface area (Å²) in [5.41, 5.74) is 2.58. The molecule has 0 saturated heterocycles. The molecule has 1 aromatic carbocycles. The summed E-state index contributed by atoms with van der Waals surface area (Å²) in [6, 6.07) is 9.17. The van der Waals surface area contributed by atoms with Gasteiger partial charge in [-0.1, -0.05) is 18.9 Å². The zero-order valence-electron chi connectivity index (χ0n) is 15.0. The molecule has 5 heteroatoms. The van der Waals surface area contributed by atoms with Crippen LogP contribution in [-0.2, 0) is 17.6 Å². The van der Waals surface area contributed by atoms with Crippen LogP contribution in [-0.4, -0.2) is 25.4 Å². The number of amides is 2. The summed E-state index contributed by atoms with van der Waals surface area (Å²) in [5, 5.41) is 2.59. The van der Waals surface area contributed by atoms with Crippen molar-refractivity contribution in [3.8, 4) is 12.3 Å². The van der Waals surface area contributed by atoms with E-state index >= 15 is 0 Å². The number of fused-ring (bicyclic) bond motifs is 1. The van der Waals surface area contributed by atoms with Gasteiger partial charge in [-0.25, -0.2) is 0 Å². The van der Waals surface area contributed by atoms with Crippen molar-refractivity contribution >= 4 is 28.8 Å². The van der Waals surface area contributed by atoms with E-state index in [-0.39, 0.29) is 18.4 Å². The Balaban J connectivity index is 1.95. The molecule has 1 aliphatic carbocycles. The summed E-state index contributed by atoms with van der Waals surface area (Å²) in [4.78, 5) is 28.7. The molecule has 134 valence electrons. The third-order valence-corrected chi connectivity index (χ3v) is 5.92. The molecule has 1 N–H and O–H groups in total. The minimum atomic E-state index is -0.223. The van der Waals surface area contributed by atoms with Crippen molar-refractivity contribution in [1.82, 2.24) is 5.32 Å². The molecule has 2 amide bonds. The lowest BCUT2D eigenvalue weighted by Crippen LogP contribution is -2.39. The van der Waals surface area contributed by atoms with Crippen LogP contribution in [0.1, 0.15) is 39.0 Å². The number of nitrogens with one attached hydrogen (secondary N) is 1. The monoisotopic (exact) mass is 366 g/mol. The van der Waals surface area contributed by atoms with E-state index in [1.54, 1.807) is 42.6 Å². The zero-order chi connectivity index (χ0) is 18.7. The van der Waals surface area contributed by atoms with Crippen molar-refractivity contribution in [2.24, 2.45) is 5.92 Å². The van der Waals surface area contributed by atoms with Gasteiger partial charge < -0.3 is 5.32 Å². The van der Waals surface area contributed by atoms with Crippen LogP contribution in [0.3, 0.4) is 0 Å². The second-order valence-electron chi connectivity index (χ2n) is 6.67. The third kappa shape index (κ3) is 3.81. The number of aryl methyl sites for hydroxylation is 1. The number of carbonyl (C=O) groups is 2. The molecule has 1 aromatic heterocycles. The van der Waals surface area contributed by atoms with Gasteiger partial charge >= 0.3 is 0 Å². The Labute approximate surface area is 158 Å². The maximum absolute atomic E-state index is 13.2. The maximum atomic E-state index is 13.2. The molecule has 26 heavy (non-hydrogen) atoms. The second kappa shape index (κ2) is 7.76. The van der Waals surface area contributed by atoms with Gasteiger partial charge in [0.15, 0.2) is 0 Å². The average molecular weight is 366 g/mol. The summed E-state index contributed by atoms with van der Waals surface area (Å²) in [6.07, 6.45) is 8.68. The number of likely N-dealkylation sites (N-methyl/N-ethyl adjacent to an activating group) is 1. The average Bonchev–Trinajstić information content (AvgIpc) is 3.08. The fourth-order valence-corrected chi connectivity index (χ4v) is 4.37. The third-order valence-electron chi connectivity index (χ3n) is 4.69. The lowest BCUT2D eigenvalue weighted by Gasteiger charge is -2.21. The molecule has 2 aromatic rings. The summed E-state index contributed by atoms with van der Waals surface area (Å²) in [7, 11) is 1.56. The van der Waals surface area contributed by atoms with Gasteiger partial charge in [0, 0.05) is 23.2 Å². The number of hydrogen-bond acceptors (Lipinski definition) is 3. The minimum Gasteiger partial charge on any atom is -0.358 e. The molecule has 1 aliphatic rings. The number of terminal acetylenes is 1. The van der Waals surface area contributed by atoms with Crippen LogP contribution in [0.4, 0.5) is 5.69 Å². The molecule has 1 atom stereocenters. The van der Waals surface area contributed by atoms with Crippen LogP contribution in [0.5, 0.6) is 0 Å².